The zero-order valence-corrected chi connectivity index (χ0v) is 19.3. The summed E-state index contributed by atoms with van der Waals surface area (Å²) in [7, 11) is -2.16. The van der Waals surface area contributed by atoms with E-state index in [0.717, 1.165) is 24.6 Å². The molecular formula is C22H37BO3Si. The van der Waals surface area contributed by atoms with Gasteiger partial charge >= 0.3 is 7.32 Å². The molecule has 0 unspecified atom stereocenters. The van der Waals surface area contributed by atoms with Crippen LogP contribution in [0.2, 0.25) is 19.1 Å². The van der Waals surface area contributed by atoms with Crippen molar-refractivity contribution in [3.05, 3.63) is 42.2 Å². The number of unbranched alkanes of at least 4 members (excludes halogenated alkanes) is 2. The molecule has 0 aliphatic carbocycles. The molecule has 1 aliphatic heterocycles. The standard InChI is InChI=1S/C22H37BO3Si/c1-8-9-11-14-19(24-23-25-21(2,3)22(4,5)26-23)17-18-27(6,7)20-15-12-10-13-16-20/h10,12-13,15-17H,8-9,11,14,18H2,1-7H3/b19-17+. The summed E-state index contributed by atoms with van der Waals surface area (Å²) in [5.41, 5.74) is -0.742. The third-order valence-corrected chi connectivity index (χ3v) is 9.02. The van der Waals surface area contributed by atoms with Crippen molar-refractivity contribution in [1.82, 2.24) is 0 Å². The zero-order chi connectivity index (χ0) is 20.1. The molecular weight excluding hydrogens is 351 g/mol. The molecule has 150 valence electrons. The van der Waals surface area contributed by atoms with Crippen LogP contribution in [-0.4, -0.2) is 26.6 Å². The van der Waals surface area contributed by atoms with Crippen molar-refractivity contribution in [2.45, 2.75) is 90.6 Å². The molecule has 0 bridgehead atoms. The number of hydrogen-bond donors (Lipinski definition) is 0. The van der Waals surface area contributed by atoms with Crippen LogP contribution in [0, 0.1) is 0 Å². The van der Waals surface area contributed by atoms with Gasteiger partial charge in [-0.1, -0.05) is 74.5 Å². The molecule has 3 nitrogen and oxygen atoms in total. The minimum absolute atomic E-state index is 0.371. The maximum atomic E-state index is 6.20. The van der Waals surface area contributed by atoms with Crippen molar-refractivity contribution in [3.63, 3.8) is 0 Å². The lowest BCUT2D eigenvalue weighted by molar-refractivity contribution is 0.00578. The average Bonchev–Trinajstić information content (AvgIpc) is 2.80. The van der Waals surface area contributed by atoms with E-state index >= 15 is 0 Å². The van der Waals surface area contributed by atoms with Gasteiger partial charge in [-0.25, -0.2) is 0 Å². The quantitative estimate of drug-likeness (QED) is 0.310. The van der Waals surface area contributed by atoms with E-state index in [2.05, 4.69) is 84.1 Å². The van der Waals surface area contributed by atoms with Gasteiger partial charge in [0.25, 0.3) is 0 Å². The first-order chi connectivity index (χ1) is 12.6. The minimum atomic E-state index is -1.54. The third kappa shape index (κ3) is 5.97. The fraction of sp³-hybridized carbons (Fsp3) is 0.636. The van der Waals surface area contributed by atoms with E-state index in [1.165, 1.54) is 18.0 Å². The highest BCUT2D eigenvalue weighted by molar-refractivity contribution is 6.90. The Morgan fingerprint density at radius 3 is 2.19 bits per heavy atom. The summed E-state index contributed by atoms with van der Waals surface area (Å²) in [5, 5.41) is 1.48. The van der Waals surface area contributed by atoms with Crippen molar-refractivity contribution < 1.29 is 14.0 Å². The van der Waals surface area contributed by atoms with Crippen LogP contribution >= 0.6 is 0 Å². The lowest BCUT2D eigenvalue weighted by Gasteiger charge is -2.31. The van der Waals surface area contributed by atoms with E-state index in [1.807, 2.05) is 0 Å². The topological polar surface area (TPSA) is 27.7 Å². The summed E-state index contributed by atoms with van der Waals surface area (Å²) in [6.07, 6.45) is 6.78. The highest BCUT2D eigenvalue weighted by Crippen LogP contribution is 2.37. The number of rotatable bonds is 9. The van der Waals surface area contributed by atoms with Crippen LogP contribution in [0.3, 0.4) is 0 Å². The van der Waals surface area contributed by atoms with Gasteiger partial charge in [0.1, 0.15) is 0 Å². The van der Waals surface area contributed by atoms with Crippen molar-refractivity contribution in [2.24, 2.45) is 0 Å². The minimum Gasteiger partial charge on any atom is -0.516 e. The smallest absolute Gasteiger partial charge is 0.516 e. The van der Waals surface area contributed by atoms with Crippen LogP contribution in [0.1, 0.15) is 60.3 Å². The molecule has 1 aliphatic rings. The van der Waals surface area contributed by atoms with Crippen molar-refractivity contribution in [3.8, 4) is 0 Å². The van der Waals surface area contributed by atoms with Gasteiger partial charge in [-0.3, -0.25) is 0 Å². The normalized spacial score (nSPS) is 19.4. The number of benzene rings is 1. The fourth-order valence-corrected chi connectivity index (χ4v) is 5.16. The van der Waals surface area contributed by atoms with E-state index in [0.29, 0.717) is 0 Å². The molecule has 0 saturated carbocycles. The Morgan fingerprint density at radius 2 is 1.63 bits per heavy atom. The Labute approximate surface area is 167 Å². The van der Waals surface area contributed by atoms with Crippen LogP contribution in [0.5, 0.6) is 0 Å². The molecule has 1 aromatic rings. The van der Waals surface area contributed by atoms with Gasteiger partial charge in [-0.15, -0.1) is 0 Å². The largest absolute Gasteiger partial charge is 0.713 e. The Balaban J connectivity index is 2.08. The zero-order valence-electron chi connectivity index (χ0n) is 18.3. The summed E-state index contributed by atoms with van der Waals surface area (Å²) in [6, 6.07) is 11.9. The highest BCUT2D eigenvalue weighted by atomic mass is 28.3. The molecule has 5 heteroatoms. The summed E-state index contributed by atoms with van der Waals surface area (Å²) < 4.78 is 18.3. The van der Waals surface area contributed by atoms with Gasteiger partial charge in [0.05, 0.1) is 25.0 Å². The van der Waals surface area contributed by atoms with Crippen LogP contribution < -0.4 is 5.19 Å². The van der Waals surface area contributed by atoms with Gasteiger partial charge in [0.15, 0.2) is 0 Å². The van der Waals surface area contributed by atoms with Crippen LogP contribution in [0.25, 0.3) is 0 Å². The van der Waals surface area contributed by atoms with Gasteiger partial charge in [-0.2, -0.15) is 0 Å². The molecule has 0 radical (unpaired) electrons. The summed E-state index contributed by atoms with van der Waals surface area (Å²) in [5.74, 6) is 1.01. The lowest BCUT2D eigenvalue weighted by atomic mass is 9.90. The second-order valence-electron chi connectivity index (χ2n) is 9.24. The molecule has 1 saturated heterocycles. The van der Waals surface area contributed by atoms with E-state index in [9.17, 15) is 0 Å². The predicted molar refractivity (Wildman–Crippen MR) is 118 cm³/mol. The molecule has 0 atom stereocenters. The first-order valence-electron chi connectivity index (χ1n) is 10.3. The first-order valence-corrected chi connectivity index (χ1v) is 13.5. The van der Waals surface area contributed by atoms with Gasteiger partial charge in [0, 0.05) is 6.42 Å². The summed E-state index contributed by atoms with van der Waals surface area (Å²) >= 11 is 0. The predicted octanol–water partition coefficient (Wildman–Crippen LogP) is 5.67. The lowest BCUT2D eigenvalue weighted by Crippen LogP contribution is -2.41. The molecule has 1 fully saturated rings. The maximum absolute atomic E-state index is 6.20. The summed E-state index contributed by atoms with van der Waals surface area (Å²) in [4.78, 5) is 0. The molecule has 0 aromatic heterocycles. The second-order valence-corrected chi connectivity index (χ2v) is 14.0. The SMILES string of the molecule is CCCCC/C(=C\C[Si](C)(C)c1ccccc1)OB1OC(C)(C)C(C)(C)O1. The second kappa shape index (κ2) is 8.97. The highest BCUT2D eigenvalue weighted by Gasteiger charge is 2.54. The molecule has 2 rings (SSSR count). The van der Waals surface area contributed by atoms with Crippen molar-refractivity contribution in [2.75, 3.05) is 0 Å². The van der Waals surface area contributed by atoms with E-state index in [-0.39, 0.29) is 11.2 Å². The van der Waals surface area contributed by atoms with E-state index < -0.39 is 15.4 Å². The molecule has 1 aromatic carbocycles. The Kier molecular flexibility index (Phi) is 7.40. The van der Waals surface area contributed by atoms with Crippen molar-refractivity contribution >= 4 is 20.6 Å². The molecule has 0 N–H and O–H groups in total. The van der Waals surface area contributed by atoms with Crippen LogP contribution in [0.4, 0.5) is 0 Å². The van der Waals surface area contributed by atoms with Crippen molar-refractivity contribution in [1.29, 1.82) is 0 Å². The van der Waals surface area contributed by atoms with Gasteiger partial charge < -0.3 is 14.0 Å². The van der Waals surface area contributed by atoms with Crippen LogP contribution in [0.15, 0.2) is 42.2 Å². The third-order valence-electron chi connectivity index (χ3n) is 5.90. The maximum Gasteiger partial charge on any atom is 0.713 e. The fourth-order valence-electron chi connectivity index (χ4n) is 3.10. The number of hydrogen-bond acceptors (Lipinski definition) is 3. The van der Waals surface area contributed by atoms with E-state index in [1.54, 1.807) is 0 Å². The Hall–Kier alpha value is -1.04. The number of allylic oxidation sites excluding steroid dienone is 2. The molecule has 0 spiro atoms. The average molecular weight is 388 g/mol. The Bertz CT molecular complexity index is 610. The molecule has 27 heavy (non-hydrogen) atoms. The summed E-state index contributed by atoms with van der Waals surface area (Å²) in [6.45, 7) is 15.3. The van der Waals surface area contributed by atoms with Gasteiger partial charge in [-0.05, 0) is 40.2 Å². The molecule has 0 amide bonds. The van der Waals surface area contributed by atoms with Gasteiger partial charge in [0.2, 0.25) is 0 Å². The molecule has 1 heterocycles. The van der Waals surface area contributed by atoms with Crippen LogP contribution in [-0.2, 0) is 14.0 Å². The Morgan fingerprint density at radius 1 is 1.04 bits per heavy atom. The van der Waals surface area contributed by atoms with E-state index in [4.69, 9.17) is 14.0 Å². The first kappa shape index (κ1) is 22.3. The monoisotopic (exact) mass is 388 g/mol.